The molecule has 1 aromatic heterocycles. The molecule has 0 saturated heterocycles. The van der Waals surface area contributed by atoms with E-state index >= 15 is 0 Å². The number of carboxylic acids is 1. The van der Waals surface area contributed by atoms with E-state index in [1.54, 1.807) is 18.3 Å². The summed E-state index contributed by atoms with van der Waals surface area (Å²) in [5.41, 5.74) is 0.758. The van der Waals surface area contributed by atoms with Gasteiger partial charge in [0.1, 0.15) is 6.04 Å². The highest BCUT2D eigenvalue weighted by Crippen LogP contribution is 2.02. The van der Waals surface area contributed by atoms with Crippen molar-refractivity contribution in [2.45, 2.75) is 31.7 Å². The van der Waals surface area contributed by atoms with E-state index in [2.05, 4.69) is 15.0 Å². The van der Waals surface area contributed by atoms with Crippen LogP contribution < -0.4 is 5.32 Å². The Balaban J connectivity index is 2.41. The number of hydrogen-bond donors (Lipinski definition) is 2. The molecule has 0 aliphatic carbocycles. The fourth-order valence-electron chi connectivity index (χ4n) is 1.68. The lowest BCUT2D eigenvalue weighted by atomic mass is 10.1. The van der Waals surface area contributed by atoms with Crippen molar-refractivity contribution in [2.75, 3.05) is 7.11 Å². The van der Waals surface area contributed by atoms with Gasteiger partial charge in [0, 0.05) is 24.7 Å². The molecule has 114 valence electrons. The number of rotatable bonds is 8. The predicted octanol–water partition coefficient (Wildman–Crippen LogP) is 0.537. The molecule has 0 saturated carbocycles. The van der Waals surface area contributed by atoms with Crippen molar-refractivity contribution < 1.29 is 24.2 Å². The van der Waals surface area contributed by atoms with Crippen molar-refractivity contribution in [3.63, 3.8) is 0 Å². The van der Waals surface area contributed by atoms with E-state index in [1.807, 2.05) is 6.07 Å². The molecule has 1 heterocycles. The van der Waals surface area contributed by atoms with Gasteiger partial charge in [0.2, 0.25) is 5.91 Å². The summed E-state index contributed by atoms with van der Waals surface area (Å²) in [7, 11) is 1.23. The zero-order valence-corrected chi connectivity index (χ0v) is 11.7. The van der Waals surface area contributed by atoms with Gasteiger partial charge >= 0.3 is 11.9 Å². The average molecular weight is 294 g/mol. The number of pyridine rings is 1. The Labute approximate surface area is 122 Å². The maximum absolute atomic E-state index is 11.7. The third-order valence-corrected chi connectivity index (χ3v) is 2.83. The van der Waals surface area contributed by atoms with Crippen LogP contribution >= 0.6 is 0 Å². The van der Waals surface area contributed by atoms with Crippen LogP contribution in [0.25, 0.3) is 0 Å². The summed E-state index contributed by atoms with van der Waals surface area (Å²) in [6, 6.07) is 4.28. The second-order valence-corrected chi connectivity index (χ2v) is 4.39. The van der Waals surface area contributed by atoms with E-state index < -0.39 is 23.9 Å². The number of aliphatic carboxylic acids is 1. The van der Waals surface area contributed by atoms with E-state index in [1.165, 1.54) is 7.11 Å². The van der Waals surface area contributed by atoms with Gasteiger partial charge in [0.25, 0.3) is 0 Å². The van der Waals surface area contributed by atoms with Gasteiger partial charge in [0.15, 0.2) is 0 Å². The molecule has 0 aromatic carbocycles. The molecule has 1 rings (SSSR count). The molecule has 2 N–H and O–H groups in total. The smallest absolute Gasteiger partial charge is 0.326 e. The lowest BCUT2D eigenvalue weighted by molar-refractivity contribution is -0.144. The van der Waals surface area contributed by atoms with E-state index in [-0.39, 0.29) is 19.3 Å². The van der Waals surface area contributed by atoms with Gasteiger partial charge in [-0.05, 0) is 25.0 Å². The Bertz CT molecular complexity index is 489. The minimum atomic E-state index is -1.18. The molecule has 0 aliphatic heterocycles. The summed E-state index contributed by atoms with van der Waals surface area (Å²) in [5, 5.41) is 11.4. The molecule has 7 nitrogen and oxygen atoms in total. The molecule has 21 heavy (non-hydrogen) atoms. The first-order valence-electron chi connectivity index (χ1n) is 6.52. The first kappa shape index (κ1) is 16.6. The van der Waals surface area contributed by atoms with Gasteiger partial charge in [-0.2, -0.15) is 0 Å². The molecule has 0 aliphatic rings. The summed E-state index contributed by atoms with van der Waals surface area (Å²) < 4.78 is 4.44. The first-order valence-corrected chi connectivity index (χ1v) is 6.52. The number of carbonyl (C=O) groups excluding carboxylic acids is 2. The lowest BCUT2D eigenvalue weighted by Crippen LogP contribution is -2.41. The molecule has 0 radical (unpaired) electrons. The maximum atomic E-state index is 11.7. The Morgan fingerprint density at radius 1 is 1.33 bits per heavy atom. The molecule has 1 amide bonds. The fourth-order valence-corrected chi connectivity index (χ4v) is 1.68. The number of hydrogen-bond acceptors (Lipinski definition) is 5. The standard InChI is InChI=1S/C14H18N2O5/c1-21-13(18)8-6-11(14(19)20)16-12(17)7-5-10-4-2-3-9-15-10/h2-4,9,11H,5-8H2,1H3,(H,16,17)(H,19,20)/t11-/m1/s1. The molecular formula is C14H18N2O5. The number of amides is 1. The molecule has 1 aromatic rings. The largest absolute Gasteiger partial charge is 0.480 e. The van der Waals surface area contributed by atoms with Gasteiger partial charge < -0.3 is 15.2 Å². The summed E-state index contributed by atoms with van der Waals surface area (Å²) >= 11 is 0. The van der Waals surface area contributed by atoms with Crippen LogP contribution in [0.5, 0.6) is 0 Å². The third kappa shape index (κ3) is 6.51. The normalized spacial score (nSPS) is 11.5. The molecule has 0 unspecified atom stereocenters. The van der Waals surface area contributed by atoms with Gasteiger partial charge in [-0.1, -0.05) is 6.07 Å². The summed E-state index contributed by atoms with van der Waals surface area (Å²) in [6.07, 6.45) is 2.13. The Hall–Kier alpha value is -2.44. The number of aryl methyl sites for hydroxylation is 1. The number of esters is 1. The van der Waals surface area contributed by atoms with Crippen LogP contribution in [-0.4, -0.2) is 41.1 Å². The van der Waals surface area contributed by atoms with E-state index in [9.17, 15) is 14.4 Å². The van der Waals surface area contributed by atoms with Crippen LogP contribution in [0.1, 0.15) is 25.0 Å². The van der Waals surface area contributed by atoms with Gasteiger partial charge in [0.05, 0.1) is 7.11 Å². The summed E-state index contributed by atoms with van der Waals surface area (Å²) in [4.78, 5) is 37.8. The van der Waals surface area contributed by atoms with E-state index in [4.69, 9.17) is 5.11 Å². The van der Waals surface area contributed by atoms with Crippen LogP contribution in [0.2, 0.25) is 0 Å². The monoisotopic (exact) mass is 294 g/mol. The van der Waals surface area contributed by atoms with E-state index in [0.29, 0.717) is 6.42 Å². The van der Waals surface area contributed by atoms with Crippen molar-refractivity contribution in [1.82, 2.24) is 10.3 Å². The second-order valence-electron chi connectivity index (χ2n) is 4.39. The zero-order valence-electron chi connectivity index (χ0n) is 11.7. The van der Waals surface area contributed by atoms with E-state index in [0.717, 1.165) is 5.69 Å². The highest BCUT2D eigenvalue weighted by molar-refractivity contribution is 5.84. The van der Waals surface area contributed by atoms with Gasteiger partial charge in [-0.3, -0.25) is 14.6 Å². The number of nitrogens with zero attached hydrogens (tertiary/aromatic N) is 1. The zero-order chi connectivity index (χ0) is 15.7. The molecule has 7 heteroatoms. The predicted molar refractivity (Wildman–Crippen MR) is 73.4 cm³/mol. The maximum Gasteiger partial charge on any atom is 0.326 e. The number of ether oxygens (including phenoxy) is 1. The quantitative estimate of drug-likeness (QED) is 0.678. The highest BCUT2D eigenvalue weighted by atomic mass is 16.5. The van der Waals surface area contributed by atoms with Crippen molar-refractivity contribution in [1.29, 1.82) is 0 Å². The Morgan fingerprint density at radius 3 is 2.67 bits per heavy atom. The average Bonchev–Trinajstić information content (AvgIpc) is 2.49. The van der Waals surface area contributed by atoms with Crippen molar-refractivity contribution in [2.24, 2.45) is 0 Å². The lowest BCUT2D eigenvalue weighted by Gasteiger charge is -2.13. The van der Waals surface area contributed by atoms with Crippen LogP contribution in [-0.2, 0) is 25.5 Å². The topological polar surface area (TPSA) is 106 Å². The Morgan fingerprint density at radius 2 is 2.10 bits per heavy atom. The highest BCUT2D eigenvalue weighted by Gasteiger charge is 2.21. The molecule has 1 atom stereocenters. The van der Waals surface area contributed by atoms with Gasteiger partial charge in [-0.25, -0.2) is 4.79 Å². The molecule has 0 bridgehead atoms. The Kier molecular flexibility index (Phi) is 6.86. The summed E-state index contributed by atoms with van der Waals surface area (Å²) in [6.45, 7) is 0. The first-order chi connectivity index (χ1) is 10.0. The molecule has 0 fully saturated rings. The van der Waals surface area contributed by atoms with Crippen molar-refractivity contribution in [3.8, 4) is 0 Å². The van der Waals surface area contributed by atoms with Crippen LogP contribution in [0.15, 0.2) is 24.4 Å². The fraction of sp³-hybridized carbons (Fsp3) is 0.429. The number of aromatic nitrogens is 1. The minimum Gasteiger partial charge on any atom is -0.480 e. The van der Waals surface area contributed by atoms with Crippen LogP contribution in [0.3, 0.4) is 0 Å². The number of carboxylic acid groups (broad SMARTS) is 1. The van der Waals surface area contributed by atoms with Gasteiger partial charge in [-0.15, -0.1) is 0 Å². The molecule has 0 spiro atoms. The SMILES string of the molecule is COC(=O)CC[C@@H](NC(=O)CCc1ccccn1)C(=O)O. The molecular weight excluding hydrogens is 276 g/mol. The number of carbonyl (C=O) groups is 3. The van der Waals surface area contributed by atoms with Crippen molar-refractivity contribution >= 4 is 17.8 Å². The second kappa shape index (κ2) is 8.68. The third-order valence-electron chi connectivity index (χ3n) is 2.83. The van der Waals surface area contributed by atoms with Crippen LogP contribution in [0.4, 0.5) is 0 Å². The number of nitrogens with one attached hydrogen (secondary N) is 1. The summed E-state index contributed by atoms with van der Waals surface area (Å²) in [5.74, 6) is -2.08. The number of methoxy groups -OCH3 is 1. The van der Waals surface area contributed by atoms with Crippen LogP contribution in [0, 0.1) is 0 Å². The van der Waals surface area contributed by atoms with Crippen molar-refractivity contribution in [3.05, 3.63) is 30.1 Å². The minimum absolute atomic E-state index is 0.00265.